The number of aromatic nitrogens is 1. The van der Waals surface area contributed by atoms with E-state index in [0.717, 1.165) is 24.2 Å². The quantitative estimate of drug-likeness (QED) is 0.835. The molecule has 1 aromatic rings. The monoisotopic (exact) mass is 267 g/mol. The number of pyridine rings is 1. The normalized spacial score (nSPS) is 29.3. The number of anilines is 1. The standard InChI is InChI=1S/C14H22ClN3/c1-9-5-13(14(15)16-7-9)17-12-6-11(3)18(4)8-10(12)2/h5,7,10-12,17H,6,8H2,1-4H3. The van der Waals surface area contributed by atoms with E-state index in [1.165, 1.54) is 0 Å². The fraction of sp³-hybridized carbons (Fsp3) is 0.643. The summed E-state index contributed by atoms with van der Waals surface area (Å²) in [5.74, 6) is 0.614. The lowest BCUT2D eigenvalue weighted by Crippen LogP contribution is -2.48. The van der Waals surface area contributed by atoms with Crippen LogP contribution in [0.15, 0.2) is 12.3 Å². The van der Waals surface area contributed by atoms with Gasteiger partial charge in [0, 0.05) is 24.8 Å². The second-order valence-corrected chi connectivity index (χ2v) is 5.96. The number of piperidine rings is 1. The lowest BCUT2D eigenvalue weighted by molar-refractivity contribution is 0.145. The van der Waals surface area contributed by atoms with Crippen LogP contribution in [0.25, 0.3) is 0 Å². The molecule has 0 amide bonds. The molecule has 1 N–H and O–H groups in total. The fourth-order valence-electron chi connectivity index (χ4n) is 2.60. The Bertz CT molecular complexity index is 422. The van der Waals surface area contributed by atoms with E-state index < -0.39 is 0 Å². The molecule has 1 aliphatic rings. The first-order valence-electron chi connectivity index (χ1n) is 6.56. The average molecular weight is 268 g/mol. The Kier molecular flexibility index (Phi) is 4.13. The van der Waals surface area contributed by atoms with Gasteiger partial charge in [0.05, 0.1) is 5.69 Å². The second kappa shape index (κ2) is 5.45. The van der Waals surface area contributed by atoms with Crippen molar-refractivity contribution in [3.63, 3.8) is 0 Å². The van der Waals surface area contributed by atoms with Gasteiger partial charge in [-0.1, -0.05) is 18.5 Å². The Labute approximate surface area is 115 Å². The summed E-state index contributed by atoms with van der Waals surface area (Å²) in [7, 11) is 2.19. The highest BCUT2D eigenvalue weighted by molar-refractivity contribution is 6.31. The van der Waals surface area contributed by atoms with Crippen LogP contribution in [0.2, 0.25) is 5.15 Å². The van der Waals surface area contributed by atoms with Crippen molar-refractivity contribution in [3.05, 3.63) is 23.0 Å². The van der Waals surface area contributed by atoms with E-state index in [4.69, 9.17) is 11.6 Å². The molecule has 2 heterocycles. The highest BCUT2D eigenvalue weighted by Gasteiger charge is 2.29. The first-order valence-corrected chi connectivity index (χ1v) is 6.94. The SMILES string of the molecule is Cc1cnc(Cl)c(NC2CC(C)N(C)CC2C)c1. The molecule has 3 unspecified atom stereocenters. The Morgan fingerprint density at radius 1 is 1.44 bits per heavy atom. The van der Waals surface area contributed by atoms with E-state index in [9.17, 15) is 0 Å². The Morgan fingerprint density at radius 2 is 2.17 bits per heavy atom. The van der Waals surface area contributed by atoms with Crippen LogP contribution in [-0.2, 0) is 0 Å². The number of nitrogens with one attached hydrogen (secondary N) is 1. The van der Waals surface area contributed by atoms with E-state index in [2.05, 4.69) is 42.2 Å². The molecule has 1 aromatic heterocycles. The molecule has 0 saturated carbocycles. The fourth-order valence-corrected chi connectivity index (χ4v) is 2.75. The molecule has 1 saturated heterocycles. The van der Waals surface area contributed by atoms with Gasteiger partial charge in [-0.3, -0.25) is 0 Å². The van der Waals surface area contributed by atoms with E-state index in [1.54, 1.807) is 6.20 Å². The number of halogens is 1. The summed E-state index contributed by atoms with van der Waals surface area (Å²) in [5.41, 5.74) is 2.10. The molecule has 100 valence electrons. The van der Waals surface area contributed by atoms with Crippen LogP contribution in [0.1, 0.15) is 25.8 Å². The van der Waals surface area contributed by atoms with E-state index in [1.807, 2.05) is 6.92 Å². The molecule has 0 aromatic carbocycles. The predicted octanol–water partition coefficient (Wildman–Crippen LogP) is 3.18. The van der Waals surface area contributed by atoms with Crippen molar-refractivity contribution in [2.75, 3.05) is 18.9 Å². The molecule has 2 rings (SSSR count). The molecule has 0 radical (unpaired) electrons. The second-order valence-electron chi connectivity index (χ2n) is 5.60. The third kappa shape index (κ3) is 2.96. The zero-order valence-electron chi connectivity index (χ0n) is 11.6. The van der Waals surface area contributed by atoms with Gasteiger partial charge in [-0.05, 0) is 44.9 Å². The molecule has 1 aliphatic heterocycles. The van der Waals surface area contributed by atoms with Gasteiger partial charge in [-0.25, -0.2) is 4.98 Å². The molecule has 3 nitrogen and oxygen atoms in total. The maximum absolute atomic E-state index is 6.14. The largest absolute Gasteiger partial charge is 0.379 e. The smallest absolute Gasteiger partial charge is 0.152 e. The Morgan fingerprint density at radius 3 is 2.89 bits per heavy atom. The van der Waals surface area contributed by atoms with Crippen LogP contribution in [0.5, 0.6) is 0 Å². The average Bonchev–Trinajstić information content (AvgIpc) is 2.30. The van der Waals surface area contributed by atoms with Gasteiger partial charge in [0.2, 0.25) is 0 Å². The lowest BCUT2D eigenvalue weighted by Gasteiger charge is -2.40. The van der Waals surface area contributed by atoms with Crippen LogP contribution in [0.4, 0.5) is 5.69 Å². The maximum atomic E-state index is 6.14. The third-order valence-electron chi connectivity index (χ3n) is 3.93. The molecular formula is C14H22ClN3. The summed E-state index contributed by atoms with van der Waals surface area (Å²) >= 11 is 6.14. The zero-order valence-corrected chi connectivity index (χ0v) is 12.3. The van der Waals surface area contributed by atoms with Gasteiger partial charge in [0.15, 0.2) is 5.15 Å². The molecular weight excluding hydrogens is 246 g/mol. The summed E-state index contributed by atoms with van der Waals surface area (Å²) in [6, 6.07) is 3.15. The highest BCUT2D eigenvalue weighted by Crippen LogP contribution is 2.27. The van der Waals surface area contributed by atoms with Gasteiger partial charge in [0.1, 0.15) is 0 Å². The number of rotatable bonds is 2. The van der Waals surface area contributed by atoms with Crippen molar-refractivity contribution in [2.24, 2.45) is 5.92 Å². The van der Waals surface area contributed by atoms with E-state index in [-0.39, 0.29) is 0 Å². The van der Waals surface area contributed by atoms with Crippen molar-refractivity contribution in [3.8, 4) is 0 Å². The van der Waals surface area contributed by atoms with Crippen molar-refractivity contribution in [1.29, 1.82) is 0 Å². The molecule has 0 spiro atoms. The van der Waals surface area contributed by atoms with Crippen molar-refractivity contribution < 1.29 is 0 Å². The number of hydrogen-bond acceptors (Lipinski definition) is 3. The topological polar surface area (TPSA) is 28.2 Å². The zero-order chi connectivity index (χ0) is 13.3. The number of nitrogens with zero attached hydrogens (tertiary/aromatic N) is 2. The van der Waals surface area contributed by atoms with E-state index >= 15 is 0 Å². The Balaban J connectivity index is 2.11. The summed E-state index contributed by atoms with van der Waals surface area (Å²) in [6.07, 6.45) is 2.94. The minimum absolute atomic E-state index is 0.470. The molecule has 4 heteroatoms. The van der Waals surface area contributed by atoms with Gasteiger partial charge in [0.25, 0.3) is 0 Å². The summed E-state index contributed by atoms with van der Waals surface area (Å²) in [4.78, 5) is 6.61. The van der Waals surface area contributed by atoms with Crippen LogP contribution in [0.3, 0.4) is 0 Å². The van der Waals surface area contributed by atoms with Crippen LogP contribution >= 0.6 is 11.6 Å². The number of likely N-dealkylation sites (tertiary alicyclic amines) is 1. The van der Waals surface area contributed by atoms with Crippen molar-refractivity contribution in [2.45, 2.75) is 39.3 Å². The number of hydrogen-bond donors (Lipinski definition) is 1. The minimum Gasteiger partial charge on any atom is -0.379 e. The molecule has 1 fully saturated rings. The summed E-state index contributed by atoms with van der Waals surface area (Å²) < 4.78 is 0. The van der Waals surface area contributed by atoms with Gasteiger partial charge >= 0.3 is 0 Å². The van der Waals surface area contributed by atoms with E-state index in [0.29, 0.717) is 23.2 Å². The van der Waals surface area contributed by atoms with Crippen LogP contribution in [0, 0.1) is 12.8 Å². The van der Waals surface area contributed by atoms with Gasteiger partial charge < -0.3 is 10.2 Å². The van der Waals surface area contributed by atoms with Crippen LogP contribution in [-0.4, -0.2) is 35.6 Å². The summed E-state index contributed by atoms with van der Waals surface area (Å²) in [5, 5.41) is 4.14. The molecule has 0 bridgehead atoms. The first-order chi connectivity index (χ1) is 8.47. The van der Waals surface area contributed by atoms with Gasteiger partial charge in [-0.2, -0.15) is 0 Å². The third-order valence-corrected chi connectivity index (χ3v) is 4.23. The predicted molar refractivity (Wildman–Crippen MR) is 77.3 cm³/mol. The molecule has 0 aliphatic carbocycles. The minimum atomic E-state index is 0.470. The molecule has 3 atom stereocenters. The molecule has 18 heavy (non-hydrogen) atoms. The van der Waals surface area contributed by atoms with Crippen molar-refractivity contribution >= 4 is 17.3 Å². The van der Waals surface area contributed by atoms with Gasteiger partial charge in [-0.15, -0.1) is 0 Å². The van der Waals surface area contributed by atoms with Crippen LogP contribution < -0.4 is 5.32 Å². The van der Waals surface area contributed by atoms with Crippen molar-refractivity contribution in [1.82, 2.24) is 9.88 Å². The first kappa shape index (κ1) is 13.6. The maximum Gasteiger partial charge on any atom is 0.152 e. The summed E-state index contributed by atoms with van der Waals surface area (Å²) in [6.45, 7) is 7.72. The number of aryl methyl sites for hydroxylation is 1. The highest BCUT2D eigenvalue weighted by atomic mass is 35.5. The Hall–Kier alpha value is -0.800. The lowest BCUT2D eigenvalue weighted by atomic mass is 9.89.